The van der Waals surface area contributed by atoms with Crippen LogP contribution < -0.4 is 20.1 Å². The van der Waals surface area contributed by atoms with E-state index in [1.807, 2.05) is 12.1 Å². The summed E-state index contributed by atoms with van der Waals surface area (Å²) in [5.74, 6) is 2.29. The van der Waals surface area contributed by atoms with Crippen LogP contribution in [-0.4, -0.2) is 71.5 Å². The normalized spacial score (nSPS) is 15.3. The van der Waals surface area contributed by atoms with Crippen LogP contribution in [0.25, 0.3) is 0 Å². The van der Waals surface area contributed by atoms with E-state index in [1.54, 1.807) is 21.3 Å². The van der Waals surface area contributed by atoms with Crippen molar-refractivity contribution in [3.8, 4) is 11.5 Å². The van der Waals surface area contributed by atoms with Crippen LogP contribution in [0.3, 0.4) is 0 Å². The van der Waals surface area contributed by atoms with E-state index < -0.39 is 0 Å². The van der Waals surface area contributed by atoms with Gasteiger partial charge in [0.15, 0.2) is 17.5 Å². The monoisotopic (exact) mass is 568 g/mol. The van der Waals surface area contributed by atoms with Crippen molar-refractivity contribution in [1.82, 2.24) is 15.5 Å². The Bertz CT molecular complexity index is 870. The molecule has 1 unspecified atom stereocenters. The molecule has 182 valence electrons. The van der Waals surface area contributed by atoms with E-state index in [0.717, 1.165) is 63.3 Å². The second-order valence-electron chi connectivity index (χ2n) is 7.89. The summed E-state index contributed by atoms with van der Waals surface area (Å²) in [6, 6.07) is 15.1. The van der Waals surface area contributed by atoms with Crippen LogP contribution in [0.1, 0.15) is 22.7 Å². The number of halogens is 1. The van der Waals surface area contributed by atoms with Crippen molar-refractivity contribution in [3.05, 3.63) is 59.2 Å². The number of ether oxygens (including phenoxy) is 3. The van der Waals surface area contributed by atoms with Gasteiger partial charge in [0, 0.05) is 33.2 Å². The van der Waals surface area contributed by atoms with Gasteiger partial charge in [-0.2, -0.15) is 0 Å². The smallest absolute Gasteiger partial charge is 0.191 e. The summed E-state index contributed by atoms with van der Waals surface area (Å²) in [5, 5.41) is 6.95. The Kier molecular flexibility index (Phi) is 11.8. The van der Waals surface area contributed by atoms with Crippen LogP contribution >= 0.6 is 24.0 Å². The molecule has 2 N–H and O–H groups in total. The number of nitrogens with zero attached hydrogens (tertiary/aromatic N) is 2. The zero-order valence-corrected chi connectivity index (χ0v) is 22.4. The number of benzene rings is 2. The zero-order valence-electron chi connectivity index (χ0n) is 20.1. The molecule has 2 aromatic carbocycles. The number of methoxy groups -OCH3 is 2. The molecule has 0 spiro atoms. The molecule has 2 aromatic rings. The summed E-state index contributed by atoms with van der Waals surface area (Å²) in [4.78, 5) is 6.90. The predicted molar refractivity (Wildman–Crippen MR) is 144 cm³/mol. The maximum atomic E-state index is 5.56. The van der Waals surface area contributed by atoms with Crippen molar-refractivity contribution in [2.24, 2.45) is 4.99 Å². The van der Waals surface area contributed by atoms with E-state index in [-0.39, 0.29) is 30.0 Å². The van der Waals surface area contributed by atoms with E-state index in [4.69, 9.17) is 14.2 Å². The molecular formula is C25H37IN4O3. The Morgan fingerprint density at radius 2 is 1.73 bits per heavy atom. The minimum Gasteiger partial charge on any atom is -0.493 e. The third kappa shape index (κ3) is 8.04. The molecule has 1 fully saturated rings. The lowest BCUT2D eigenvalue weighted by atomic mass is 10.0. The summed E-state index contributed by atoms with van der Waals surface area (Å²) < 4.78 is 16.3. The maximum Gasteiger partial charge on any atom is 0.191 e. The Morgan fingerprint density at radius 3 is 2.36 bits per heavy atom. The van der Waals surface area contributed by atoms with Crippen LogP contribution in [0.5, 0.6) is 11.5 Å². The lowest BCUT2D eigenvalue weighted by Gasteiger charge is -2.35. The highest BCUT2D eigenvalue weighted by Gasteiger charge is 2.22. The van der Waals surface area contributed by atoms with Gasteiger partial charge in [0.25, 0.3) is 0 Å². The minimum absolute atomic E-state index is 0. The van der Waals surface area contributed by atoms with Crippen molar-refractivity contribution >= 4 is 29.9 Å². The fraction of sp³-hybridized carbons (Fsp3) is 0.480. The number of rotatable bonds is 9. The van der Waals surface area contributed by atoms with Gasteiger partial charge >= 0.3 is 0 Å². The Hall–Kier alpha value is -2.04. The Balaban J connectivity index is 0.00000385. The van der Waals surface area contributed by atoms with E-state index in [0.29, 0.717) is 0 Å². The molecular weight excluding hydrogens is 531 g/mol. The highest BCUT2D eigenvalue weighted by atomic mass is 127. The molecule has 33 heavy (non-hydrogen) atoms. The van der Waals surface area contributed by atoms with E-state index in [9.17, 15) is 0 Å². The lowest BCUT2D eigenvalue weighted by molar-refractivity contribution is 0.0170. The van der Waals surface area contributed by atoms with Gasteiger partial charge in [0.1, 0.15) is 0 Å². The van der Waals surface area contributed by atoms with Gasteiger partial charge in [0.2, 0.25) is 0 Å². The first-order chi connectivity index (χ1) is 15.6. The number of morpholine rings is 1. The SMILES string of the molecule is CN=C(NCCc1ccc(OC)c(OC)c1)NCC(c1ccc(C)cc1)N1CCOCC1.I. The van der Waals surface area contributed by atoms with Crippen molar-refractivity contribution in [1.29, 1.82) is 0 Å². The molecule has 8 heteroatoms. The highest BCUT2D eigenvalue weighted by molar-refractivity contribution is 14.0. The predicted octanol–water partition coefficient (Wildman–Crippen LogP) is 3.41. The molecule has 0 bridgehead atoms. The summed E-state index contributed by atoms with van der Waals surface area (Å²) in [6.07, 6.45) is 0.853. The highest BCUT2D eigenvalue weighted by Crippen LogP contribution is 2.27. The first-order valence-electron chi connectivity index (χ1n) is 11.2. The van der Waals surface area contributed by atoms with Crippen molar-refractivity contribution < 1.29 is 14.2 Å². The molecule has 0 aromatic heterocycles. The summed E-state index contributed by atoms with van der Waals surface area (Å²) in [7, 11) is 5.11. The van der Waals surface area contributed by atoms with Crippen LogP contribution in [0.4, 0.5) is 0 Å². The largest absolute Gasteiger partial charge is 0.493 e. The molecule has 3 rings (SSSR count). The van der Waals surface area contributed by atoms with Gasteiger partial charge in [0.05, 0.1) is 33.5 Å². The van der Waals surface area contributed by atoms with Gasteiger partial charge in [-0.25, -0.2) is 0 Å². The molecule has 0 radical (unpaired) electrons. The summed E-state index contributed by atoms with van der Waals surface area (Å²) >= 11 is 0. The second kappa shape index (κ2) is 14.3. The van der Waals surface area contributed by atoms with Crippen LogP contribution in [-0.2, 0) is 11.2 Å². The Morgan fingerprint density at radius 1 is 1.03 bits per heavy atom. The lowest BCUT2D eigenvalue weighted by Crippen LogP contribution is -2.46. The van der Waals surface area contributed by atoms with Gasteiger partial charge in [-0.1, -0.05) is 35.9 Å². The maximum absolute atomic E-state index is 5.56. The molecule has 0 amide bonds. The summed E-state index contributed by atoms with van der Waals surface area (Å²) in [6.45, 7) is 7.09. The fourth-order valence-corrected chi connectivity index (χ4v) is 3.91. The topological polar surface area (TPSA) is 67.4 Å². The van der Waals surface area contributed by atoms with Crippen LogP contribution in [0.15, 0.2) is 47.5 Å². The van der Waals surface area contributed by atoms with Crippen molar-refractivity contribution in [3.63, 3.8) is 0 Å². The van der Waals surface area contributed by atoms with E-state index >= 15 is 0 Å². The quantitative estimate of drug-likeness (QED) is 0.275. The number of aryl methyl sites for hydroxylation is 1. The van der Waals surface area contributed by atoms with Gasteiger partial charge in [-0.15, -0.1) is 24.0 Å². The molecule has 7 nitrogen and oxygen atoms in total. The first-order valence-corrected chi connectivity index (χ1v) is 11.2. The van der Waals surface area contributed by atoms with Crippen molar-refractivity contribution in [2.75, 3.05) is 60.7 Å². The standard InChI is InChI=1S/C25H36N4O3.HI/c1-19-5-8-21(9-6-19)22(29-13-15-32-16-14-29)18-28-25(26-2)27-12-11-20-7-10-23(30-3)24(17-20)31-4;/h5-10,17,22H,11-16,18H2,1-4H3,(H2,26,27,28);1H. The van der Waals surface area contributed by atoms with Gasteiger partial charge < -0.3 is 24.8 Å². The van der Waals surface area contributed by atoms with E-state index in [1.165, 1.54) is 16.7 Å². The molecule has 1 atom stereocenters. The molecule has 1 aliphatic heterocycles. The number of hydrogen-bond acceptors (Lipinski definition) is 5. The minimum atomic E-state index is 0. The second-order valence-corrected chi connectivity index (χ2v) is 7.89. The van der Waals surface area contributed by atoms with Gasteiger partial charge in [-0.3, -0.25) is 9.89 Å². The first kappa shape index (κ1) is 27.2. The molecule has 0 aliphatic carbocycles. The average molecular weight is 569 g/mol. The third-order valence-electron chi connectivity index (χ3n) is 5.79. The van der Waals surface area contributed by atoms with Crippen LogP contribution in [0, 0.1) is 6.92 Å². The zero-order chi connectivity index (χ0) is 22.8. The molecule has 1 saturated heterocycles. The van der Waals surface area contributed by atoms with Gasteiger partial charge in [-0.05, 0) is 36.6 Å². The number of hydrogen-bond donors (Lipinski definition) is 2. The Labute approximate surface area is 214 Å². The van der Waals surface area contributed by atoms with Crippen LogP contribution in [0.2, 0.25) is 0 Å². The third-order valence-corrected chi connectivity index (χ3v) is 5.79. The number of guanidine groups is 1. The van der Waals surface area contributed by atoms with E-state index in [2.05, 4.69) is 57.8 Å². The fourth-order valence-electron chi connectivity index (χ4n) is 3.91. The number of nitrogens with one attached hydrogen (secondary N) is 2. The summed E-state index contributed by atoms with van der Waals surface area (Å²) in [5.41, 5.74) is 3.76. The molecule has 0 saturated carbocycles. The average Bonchev–Trinajstić information content (AvgIpc) is 2.84. The number of aliphatic imine (C=N–C) groups is 1. The van der Waals surface area contributed by atoms with Crippen molar-refractivity contribution in [2.45, 2.75) is 19.4 Å². The molecule has 1 aliphatic rings. The molecule has 1 heterocycles.